The maximum Gasteiger partial charge on any atom is 0.327 e. The lowest BCUT2D eigenvalue weighted by Gasteiger charge is -2.22. The highest BCUT2D eigenvalue weighted by atomic mass is 32.2. The quantitative estimate of drug-likeness (QED) is 0.585. The molecule has 3 nitrogen and oxygen atoms in total. The second-order valence-electron chi connectivity index (χ2n) is 4.12. The zero-order valence-electron chi connectivity index (χ0n) is 11.5. The molecule has 0 aliphatic carbocycles. The van der Waals surface area contributed by atoms with Gasteiger partial charge < -0.3 is 4.74 Å². The third kappa shape index (κ3) is 4.03. The molecule has 1 rings (SSSR count). The number of carbonyl (C=O) groups is 1. The molecular weight excluding hydrogens is 246 g/mol. The van der Waals surface area contributed by atoms with Crippen molar-refractivity contribution in [3.63, 3.8) is 0 Å². The van der Waals surface area contributed by atoms with Crippen LogP contribution in [0.2, 0.25) is 0 Å². The van der Waals surface area contributed by atoms with Crippen LogP contribution in [0.1, 0.15) is 25.5 Å². The molecule has 0 aliphatic rings. The van der Waals surface area contributed by atoms with E-state index in [0.717, 1.165) is 11.3 Å². The molecule has 0 aromatic heterocycles. The summed E-state index contributed by atoms with van der Waals surface area (Å²) in [4.78, 5) is 15.0. The number of likely N-dealkylation sites (N-methyl/N-ethyl adjacent to an activating group) is 1. The van der Waals surface area contributed by atoms with Gasteiger partial charge in [-0.15, -0.1) is 11.8 Å². The van der Waals surface area contributed by atoms with Gasteiger partial charge in [0.15, 0.2) is 0 Å². The van der Waals surface area contributed by atoms with Crippen LogP contribution in [0.4, 0.5) is 0 Å². The third-order valence-corrected chi connectivity index (χ3v) is 3.43. The van der Waals surface area contributed by atoms with Crippen LogP contribution in [0.5, 0.6) is 0 Å². The highest BCUT2D eigenvalue weighted by Crippen LogP contribution is 2.24. The number of rotatable bonds is 6. The van der Waals surface area contributed by atoms with Gasteiger partial charge >= 0.3 is 5.97 Å². The van der Waals surface area contributed by atoms with E-state index in [2.05, 4.69) is 19.1 Å². The molecule has 0 saturated heterocycles. The molecule has 1 aromatic carbocycles. The lowest BCUT2D eigenvalue weighted by Crippen LogP contribution is -2.29. The summed E-state index contributed by atoms with van der Waals surface area (Å²) in [6.45, 7) is 4.36. The van der Waals surface area contributed by atoms with E-state index >= 15 is 0 Å². The Bertz CT molecular complexity index is 376. The van der Waals surface area contributed by atoms with Crippen molar-refractivity contribution in [3.05, 3.63) is 29.8 Å². The normalized spacial score (nSPS) is 12.5. The molecule has 18 heavy (non-hydrogen) atoms. The van der Waals surface area contributed by atoms with Gasteiger partial charge in [-0.05, 0) is 44.5 Å². The number of ether oxygens (including phenoxy) is 1. The molecule has 100 valence electrons. The predicted octanol–water partition coefficient (Wildman–Crippen LogP) is 2.96. The average Bonchev–Trinajstić information content (AvgIpc) is 2.32. The molecular formula is C14H21NO2S. The summed E-state index contributed by atoms with van der Waals surface area (Å²) in [5.41, 5.74) is 0.971. The summed E-state index contributed by atoms with van der Waals surface area (Å²) < 4.78 is 5.11. The van der Waals surface area contributed by atoms with Crippen molar-refractivity contribution in [3.8, 4) is 0 Å². The molecule has 1 unspecified atom stereocenters. The van der Waals surface area contributed by atoms with Crippen molar-refractivity contribution in [2.24, 2.45) is 0 Å². The van der Waals surface area contributed by atoms with Crippen LogP contribution >= 0.6 is 11.8 Å². The number of carbonyl (C=O) groups excluding carboxylic acids is 1. The summed E-state index contributed by atoms with van der Waals surface area (Å²) in [5.74, 6) is 0.854. The van der Waals surface area contributed by atoms with Crippen LogP contribution < -0.4 is 0 Å². The van der Waals surface area contributed by atoms with Crippen LogP contribution in [-0.4, -0.2) is 37.3 Å². The minimum Gasteiger partial charge on any atom is -0.465 e. The van der Waals surface area contributed by atoms with Crippen LogP contribution in [-0.2, 0) is 9.53 Å². The Balaban J connectivity index is 2.89. The Morgan fingerprint density at radius 1 is 1.28 bits per heavy atom. The molecule has 4 heteroatoms. The number of hydrogen-bond donors (Lipinski definition) is 0. The lowest BCUT2D eigenvalue weighted by molar-refractivity contribution is -0.148. The maximum absolute atomic E-state index is 11.9. The second kappa shape index (κ2) is 7.44. The third-order valence-electron chi connectivity index (χ3n) is 2.53. The number of nitrogens with zero attached hydrogens (tertiary/aromatic N) is 1. The smallest absolute Gasteiger partial charge is 0.327 e. The van der Waals surface area contributed by atoms with Crippen LogP contribution in [0.25, 0.3) is 0 Å². The minimum absolute atomic E-state index is 0.196. The van der Waals surface area contributed by atoms with E-state index in [0.29, 0.717) is 6.61 Å². The van der Waals surface area contributed by atoms with Gasteiger partial charge in [-0.25, -0.2) is 4.79 Å². The maximum atomic E-state index is 11.9. The Labute approximate surface area is 114 Å². The van der Waals surface area contributed by atoms with Crippen molar-refractivity contribution in [1.29, 1.82) is 0 Å². The van der Waals surface area contributed by atoms with Gasteiger partial charge in [0.05, 0.1) is 6.61 Å². The van der Waals surface area contributed by atoms with E-state index in [4.69, 9.17) is 4.74 Å². The van der Waals surface area contributed by atoms with Crippen LogP contribution in [0.3, 0.4) is 0 Å². The van der Waals surface area contributed by atoms with E-state index in [1.54, 1.807) is 11.8 Å². The standard InChI is InChI=1S/C14H21NO2S/c1-5-17-14(16)13(15(3)4)11-7-9-12(10-8-11)18-6-2/h7-10,13H,5-6H2,1-4H3. The summed E-state index contributed by atoms with van der Waals surface area (Å²) in [6, 6.07) is 7.78. The molecule has 0 saturated carbocycles. The topological polar surface area (TPSA) is 29.5 Å². The highest BCUT2D eigenvalue weighted by Gasteiger charge is 2.23. The predicted molar refractivity (Wildman–Crippen MR) is 75.9 cm³/mol. The summed E-state index contributed by atoms with van der Waals surface area (Å²) in [6.07, 6.45) is 0. The fourth-order valence-corrected chi connectivity index (χ4v) is 2.44. The number of hydrogen-bond acceptors (Lipinski definition) is 4. The molecule has 0 bridgehead atoms. The first-order valence-electron chi connectivity index (χ1n) is 6.16. The van der Waals surface area contributed by atoms with Gasteiger partial charge in [0.25, 0.3) is 0 Å². The van der Waals surface area contributed by atoms with E-state index in [1.165, 1.54) is 4.90 Å². The monoisotopic (exact) mass is 267 g/mol. The van der Waals surface area contributed by atoms with Gasteiger partial charge in [0, 0.05) is 4.90 Å². The van der Waals surface area contributed by atoms with Crippen molar-refractivity contribution in [1.82, 2.24) is 4.90 Å². The highest BCUT2D eigenvalue weighted by molar-refractivity contribution is 7.99. The Kier molecular flexibility index (Phi) is 6.22. The second-order valence-corrected chi connectivity index (χ2v) is 5.46. The summed E-state index contributed by atoms with van der Waals surface area (Å²) >= 11 is 1.79. The molecule has 1 atom stereocenters. The Morgan fingerprint density at radius 3 is 2.33 bits per heavy atom. The van der Waals surface area contributed by atoms with E-state index in [-0.39, 0.29) is 12.0 Å². The van der Waals surface area contributed by atoms with Gasteiger partial charge in [0.2, 0.25) is 0 Å². The van der Waals surface area contributed by atoms with Crippen LogP contribution in [0, 0.1) is 0 Å². The number of esters is 1. The van der Waals surface area contributed by atoms with Gasteiger partial charge in [-0.2, -0.15) is 0 Å². The van der Waals surface area contributed by atoms with E-state index < -0.39 is 0 Å². The van der Waals surface area contributed by atoms with Crippen LogP contribution in [0.15, 0.2) is 29.2 Å². The van der Waals surface area contributed by atoms with Crippen molar-refractivity contribution in [2.45, 2.75) is 24.8 Å². The SMILES string of the molecule is CCOC(=O)C(c1ccc(SCC)cc1)N(C)C. The fourth-order valence-electron chi connectivity index (χ4n) is 1.78. The number of benzene rings is 1. The largest absolute Gasteiger partial charge is 0.465 e. The van der Waals surface area contributed by atoms with Crippen molar-refractivity contribution < 1.29 is 9.53 Å². The van der Waals surface area contributed by atoms with Gasteiger partial charge in [0.1, 0.15) is 6.04 Å². The first kappa shape index (κ1) is 15.1. The van der Waals surface area contributed by atoms with Gasteiger partial charge in [-0.1, -0.05) is 19.1 Å². The first-order chi connectivity index (χ1) is 8.60. The molecule has 0 amide bonds. The van der Waals surface area contributed by atoms with Crippen molar-refractivity contribution >= 4 is 17.7 Å². The first-order valence-corrected chi connectivity index (χ1v) is 7.14. The Hall–Kier alpha value is -1.00. The summed E-state index contributed by atoms with van der Waals surface area (Å²) in [7, 11) is 3.77. The molecule has 0 aliphatic heterocycles. The molecule has 0 radical (unpaired) electrons. The van der Waals surface area contributed by atoms with Gasteiger partial charge in [-0.3, -0.25) is 4.90 Å². The Morgan fingerprint density at radius 2 is 1.89 bits per heavy atom. The van der Waals surface area contributed by atoms with E-state index in [1.807, 2.05) is 38.1 Å². The zero-order valence-corrected chi connectivity index (χ0v) is 12.3. The average molecular weight is 267 g/mol. The fraction of sp³-hybridized carbons (Fsp3) is 0.500. The van der Waals surface area contributed by atoms with Crippen molar-refractivity contribution in [2.75, 3.05) is 26.5 Å². The lowest BCUT2D eigenvalue weighted by atomic mass is 10.1. The molecule has 0 heterocycles. The molecule has 1 aromatic rings. The number of thioether (sulfide) groups is 1. The molecule has 0 spiro atoms. The molecule has 0 fully saturated rings. The summed E-state index contributed by atoms with van der Waals surface area (Å²) in [5, 5.41) is 0. The molecule has 0 N–H and O–H groups in total. The van der Waals surface area contributed by atoms with E-state index in [9.17, 15) is 4.79 Å². The zero-order chi connectivity index (χ0) is 13.5. The minimum atomic E-state index is -0.328.